The summed E-state index contributed by atoms with van der Waals surface area (Å²) in [6, 6.07) is 8.44. The summed E-state index contributed by atoms with van der Waals surface area (Å²) >= 11 is 0. The summed E-state index contributed by atoms with van der Waals surface area (Å²) in [5.74, 6) is 1.92. The number of para-hydroxylation sites is 1. The Bertz CT molecular complexity index is 536. The molecular formula is C15H22N4O. The van der Waals surface area contributed by atoms with Gasteiger partial charge in [-0.1, -0.05) is 18.2 Å². The highest BCUT2D eigenvalue weighted by molar-refractivity contribution is 5.33. The van der Waals surface area contributed by atoms with E-state index in [9.17, 15) is 0 Å². The van der Waals surface area contributed by atoms with Gasteiger partial charge in [0.15, 0.2) is 0 Å². The maximum atomic E-state index is 5.34. The first-order valence-corrected chi connectivity index (χ1v) is 6.93. The Morgan fingerprint density at radius 3 is 2.85 bits per heavy atom. The van der Waals surface area contributed by atoms with Crippen molar-refractivity contribution in [3.8, 4) is 5.75 Å². The first kappa shape index (κ1) is 14.5. The Hall–Kier alpha value is -1.88. The van der Waals surface area contributed by atoms with E-state index in [0.717, 1.165) is 31.1 Å². The van der Waals surface area contributed by atoms with Crippen molar-refractivity contribution in [2.75, 3.05) is 13.7 Å². The molecule has 0 unspecified atom stereocenters. The van der Waals surface area contributed by atoms with E-state index in [2.05, 4.69) is 35.3 Å². The number of benzene rings is 1. The number of nitrogens with one attached hydrogen (secondary N) is 1. The summed E-state index contributed by atoms with van der Waals surface area (Å²) in [5, 5.41) is 7.63. The van der Waals surface area contributed by atoms with E-state index in [1.165, 1.54) is 5.56 Å². The number of nitrogens with zero attached hydrogens (tertiary/aromatic N) is 3. The van der Waals surface area contributed by atoms with E-state index >= 15 is 0 Å². The highest BCUT2D eigenvalue weighted by atomic mass is 16.5. The molecule has 0 radical (unpaired) electrons. The predicted molar refractivity (Wildman–Crippen MR) is 78.8 cm³/mol. The molecule has 0 aliphatic heterocycles. The van der Waals surface area contributed by atoms with Crippen molar-refractivity contribution in [3.63, 3.8) is 0 Å². The second-order valence-corrected chi connectivity index (χ2v) is 4.95. The maximum Gasteiger partial charge on any atom is 0.141 e. The van der Waals surface area contributed by atoms with E-state index in [4.69, 9.17) is 4.74 Å². The van der Waals surface area contributed by atoms with E-state index in [1.807, 2.05) is 22.9 Å². The molecular weight excluding hydrogens is 252 g/mol. The van der Waals surface area contributed by atoms with Crippen LogP contribution >= 0.6 is 0 Å². The Morgan fingerprint density at radius 2 is 2.10 bits per heavy atom. The molecule has 5 heteroatoms. The van der Waals surface area contributed by atoms with Crippen LogP contribution in [0.2, 0.25) is 0 Å². The zero-order chi connectivity index (χ0) is 14.4. The number of rotatable bonds is 7. The molecule has 108 valence electrons. The number of hydrogen-bond donors (Lipinski definition) is 1. The van der Waals surface area contributed by atoms with Gasteiger partial charge in [-0.15, -0.1) is 0 Å². The standard InChI is InChI=1S/C15H22N4O/c1-12(2)19-15(17-11-18-19)10-16-9-8-13-6-4-5-7-14(13)20-3/h4-7,11-12,16H,8-10H2,1-3H3. The Morgan fingerprint density at radius 1 is 1.30 bits per heavy atom. The number of hydrogen-bond acceptors (Lipinski definition) is 4. The lowest BCUT2D eigenvalue weighted by atomic mass is 10.1. The molecule has 2 aromatic rings. The van der Waals surface area contributed by atoms with Crippen LogP contribution in [0, 0.1) is 0 Å². The first-order chi connectivity index (χ1) is 9.72. The highest BCUT2D eigenvalue weighted by Crippen LogP contribution is 2.17. The van der Waals surface area contributed by atoms with Crippen molar-refractivity contribution in [2.45, 2.75) is 32.9 Å². The molecule has 1 aromatic heterocycles. The van der Waals surface area contributed by atoms with Crippen LogP contribution in [0.1, 0.15) is 31.3 Å². The van der Waals surface area contributed by atoms with Gasteiger partial charge in [-0.25, -0.2) is 9.67 Å². The van der Waals surface area contributed by atoms with E-state index in [1.54, 1.807) is 13.4 Å². The van der Waals surface area contributed by atoms with Crippen LogP contribution < -0.4 is 10.1 Å². The lowest BCUT2D eigenvalue weighted by Gasteiger charge is -2.11. The minimum atomic E-state index is 0.337. The van der Waals surface area contributed by atoms with E-state index in [0.29, 0.717) is 6.04 Å². The van der Waals surface area contributed by atoms with Crippen LogP contribution in [0.25, 0.3) is 0 Å². The summed E-state index contributed by atoms with van der Waals surface area (Å²) in [4.78, 5) is 4.28. The summed E-state index contributed by atoms with van der Waals surface area (Å²) in [6.45, 7) is 5.82. The highest BCUT2D eigenvalue weighted by Gasteiger charge is 2.07. The molecule has 0 saturated carbocycles. The molecule has 0 amide bonds. The fourth-order valence-electron chi connectivity index (χ4n) is 2.16. The third kappa shape index (κ3) is 3.57. The SMILES string of the molecule is COc1ccccc1CCNCc1ncnn1C(C)C. The molecule has 1 N–H and O–H groups in total. The van der Waals surface area contributed by atoms with Gasteiger partial charge in [-0.05, 0) is 38.4 Å². The predicted octanol–water partition coefficient (Wildman–Crippen LogP) is 2.20. The molecule has 0 spiro atoms. The fourth-order valence-corrected chi connectivity index (χ4v) is 2.16. The largest absolute Gasteiger partial charge is 0.496 e. The number of methoxy groups -OCH3 is 1. The third-order valence-corrected chi connectivity index (χ3v) is 3.18. The molecule has 0 bridgehead atoms. The molecule has 20 heavy (non-hydrogen) atoms. The monoisotopic (exact) mass is 274 g/mol. The van der Waals surface area contributed by atoms with Crippen LogP contribution in [0.5, 0.6) is 5.75 Å². The van der Waals surface area contributed by atoms with Crippen LogP contribution in [-0.2, 0) is 13.0 Å². The quantitative estimate of drug-likeness (QED) is 0.786. The van der Waals surface area contributed by atoms with Crippen molar-refractivity contribution >= 4 is 0 Å². The second-order valence-electron chi connectivity index (χ2n) is 4.95. The molecule has 0 atom stereocenters. The Balaban J connectivity index is 1.83. The van der Waals surface area contributed by atoms with Crippen LogP contribution in [0.15, 0.2) is 30.6 Å². The molecule has 2 rings (SSSR count). The minimum absolute atomic E-state index is 0.337. The smallest absolute Gasteiger partial charge is 0.141 e. The molecule has 1 heterocycles. The maximum absolute atomic E-state index is 5.34. The van der Waals surface area contributed by atoms with Crippen molar-refractivity contribution in [1.82, 2.24) is 20.1 Å². The molecule has 0 saturated heterocycles. The third-order valence-electron chi connectivity index (χ3n) is 3.18. The summed E-state index contributed by atoms with van der Waals surface area (Å²) in [7, 11) is 1.71. The number of aromatic nitrogens is 3. The van der Waals surface area contributed by atoms with Crippen molar-refractivity contribution in [3.05, 3.63) is 42.0 Å². The summed E-state index contributed by atoms with van der Waals surface area (Å²) in [5.41, 5.74) is 1.22. The van der Waals surface area contributed by atoms with Gasteiger partial charge in [0.05, 0.1) is 13.7 Å². The number of ether oxygens (including phenoxy) is 1. The zero-order valence-corrected chi connectivity index (χ0v) is 12.3. The Labute approximate surface area is 120 Å². The zero-order valence-electron chi connectivity index (χ0n) is 12.3. The summed E-state index contributed by atoms with van der Waals surface area (Å²) < 4.78 is 7.29. The fraction of sp³-hybridized carbons (Fsp3) is 0.467. The van der Waals surface area contributed by atoms with Crippen molar-refractivity contribution in [1.29, 1.82) is 0 Å². The topological polar surface area (TPSA) is 52.0 Å². The van der Waals surface area contributed by atoms with E-state index < -0.39 is 0 Å². The van der Waals surface area contributed by atoms with Gasteiger partial charge in [0.2, 0.25) is 0 Å². The molecule has 0 aliphatic carbocycles. The normalized spacial score (nSPS) is 11.0. The first-order valence-electron chi connectivity index (χ1n) is 6.93. The van der Waals surface area contributed by atoms with Gasteiger partial charge >= 0.3 is 0 Å². The average Bonchev–Trinajstić information content (AvgIpc) is 2.92. The lowest BCUT2D eigenvalue weighted by molar-refractivity contribution is 0.409. The van der Waals surface area contributed by atoms with Crippen molar-refractivity contribution < 1.29 is 4.74 Å². The van der Waals surface area contributed by atoms with Crippen LogP contribution in [-0.4, -0.2) is 28.4 Å². The lowest BCUT2D eigenvalue weighted by Crippen LogP contribution is -2.21. The minimum Gasteiger partial charge on any atom is -0.496 e. The van der Waals surface area contributed by atoms with Crippen LogP contribution in [0.4, 0.5) is 0 Å². The van der Waals surface area contributed by atoms with Crippen LogP contribution in [0.3, 0.4) is 0 Å². The van der Waals surface area contributed by atoms with E-state index in [-0.39, 0.29) is 0 Å². The van der Waals surface area contributed by atoms with Gasteiger partial charge in [0, 0.05) is 6.04 Å². The van der Waals surface area contributed by atoms with Crippen molar-refractivity contribution in [2.24, 2.45) is 0 Å². The molecule has 5 nitrogen and oxygen atoms in total. The summed E-state index contributed by atoms with van der Waals surface area (Å²) in [6.07, 6.45) is 2.54. The van der Waals surface area contributed by atoms with Gasteiger partial charge in [-0.3, -0.25) is 0 Å². The van der Waals surface area contributed by atoms with Gasteiger partial charge < -0.3 is 10.1 Å². The molecule has 0 aliphatic rings. The second kappa shape index (κ2) is 7.05. The van der Waals surface area contributed by atoms with Gasteiger partial charge in [0.1, 0.15) is 17.9 Å². The molecule has 0 fully saturated rings. The molecule has 1 aromatic carbocycles. The Kier molecular flexibility index (Phi) is 5.12. The average molecular weight is 274 g/mol. The van der Waals surface area contributed by atoms with Gasteiger partial charge in [-0.2, -0.15) is 5.10 Å². The van der Waals surface area contributed by atoms with Gasteiger partial charge in [0.25, 0.3) is 0 Å².